The van der Waals surface area contributed by atoms with Gasteiger partial charge in [-0.15, -0.1) is 11.8 Å². The number of nitrogens with zero attached hydrogens (tertiary/aromatic N) is 2. The zero-order valence-electron chi connectivity index (χ0n) is 6.86. The SMILES string of the molecule is CC(=O)CCSc1ccncn1. The van der Waals surface area contributed by atoms with Crippen molar-refractivity contribution in [3.8, 4) is 0 Å². The van der Waals surface area contributed by atoms with Crippen LogP contribution in [0.3, 0.4) is 0 Å². The van der Waals surface area contributed by atoms with E-state index in [9.17, 15) is 4.79 Å². The standard InChI is InChI=1S/C8H10N2OS/c1-7(11)3-5-12-8-2-4-9-6-10-8/h2,4,6H,3,5H2,1H3. The lowest BCUT2D eigenvalue weighted by molar-refractivity contribution is -0.116. The fourth-order valence-corrected chi connectivity index (χ4v) is 1.54. The van der Waals surface area contributed by atoms with Gasteiger partial charge >= 0.3 is 0 Å². The van der Waals surface area contributed by atoms with Gasteiger partial charge < -0.3 is 0 Å². The van der Waals surface area contributed by atoms with Crippen LogP contribution < -0.4 is 0 Å². The largest absolute Gasteiger partial charge is 0.300 e. The number of carbonyl (C=O) groups is 1. The summed E-state index contributed by atoms with van der Waals surface area (Å²) in [6, 6.07) is 1.84. The lowest BCUT2D eigenvalue weighted by Gasteiger charge is -1.96. The number of thioether (sulfide) groups is 1. The monoisotopic (exact) mass is 182 g/mol. The van der Waals surface area contributed by atoms with Crippen molar-refractivity contribution in [2.24, 2.45) is 0 Å². The summed E-state index contributed by atoms with van der Waals surface area (Å²) in [7, 11) is 0. The fraction of sp³-hybridized carbons (Fsp3) is 0.375. The summed E-state index contributed by atoms with van der Waals surface area (Å²) in [4.78, 5) is 18.4. The molecule has 0 fully saturated rings. The molecule has 3 nitrogen and oxygen atoms in total. The third-order valence-corrected chi connectivity index (χ3v) is 2.20. The van der Waals surface area contributed by atoms with Crippen molar-refractivity contribution in [1.82, 2.24) is 9.97 Å². The van der Waals surface area contributed by atoms with Crippen molar-refractivity contribution in [2.45, 2.75) is 18.4 Å². The zero-order valence-corrected chi connectivity index (χ0v) is 7.67. The second-order valence-electron chi connectivity index (χ2n) is 2.35. The van der Waals surface area contributed by atoms with Crippen LogP contribution in [0.25, 0.3) is 0 Å². The second-order valence-corrected chi connectivity index (χ2v) is 3.46. The van der Waals surface area contributed by atoms with Gasteiger partial charge in [-0.2, -0.15) is 0 Å². The molecule has 4 heteroatoms. The number of Topliss-reactive ketones (excluding diaryl/α,β-unsaturated/α-hetero) is 1. The molecule has 64 valence electrons. The minimum absolute atomic E-state index is 0.219. The van der Waals surface area contributed by atoms with Crippen molar-refractivity contribution < 1.29 is 4.79 Å². The van der Waals surface area contributed by atoms with Crippen molar-refractivity contribution in [1.29, 1.82) is 0 Å². The van der Waals surface area contributed by atoms with E-state index in [1.54, 1.807) is 24.9 Å². The molecule has 1 aromatic rings. The van der Waals surface area contributed by atoms with Gasteiger partial charge in [-0.3, -0.25) is 4.79 Å². The number of ketones is 1. The Morgan fingerprint density at radius 1 is 1.67 bits per heavy atom. The van der Waals surface area contributed by atoms with Gasteiger partial charge in [0, 0.05) is 18.4 Å². The maximum Gasteiger partial charge on any atom is 0.130 e. The Morgan fingerprint density at radius 2 is 2.50 bits per heavy atom. The van der Waals surface area contributed by atoms with Gasteiger partial charge in [0.15, 0.2) is 0 Å². The quantitative estimate of drug-likeness (QED) is 0.523. The summed E-state index contributed by atoms with van der Waals surface area (Å²) in [5.74, 6) is 1.02. The molecule has 0 radical (unpaired) electrons. The van der Waals surface area contributed by atoms with Crippen molar-refractivity contribution >= 4 is 17.5 Å². The molecule has 0 aromatic carbocycles. The Kier molecular flexibility index (Phi) is 3.73. The minimum atomic E-state index is 0.219. The summed E-state index contributed by atoms with van der Waals surface area (Å²) in [5.41, 5.74) is 0. The average Bonchev–Trinajstić information content (AvgIpc) is 2.05. The molecular weight excluding hydrogens is 172 g/mol. The van der Waals surface area contributed by atoms with Crippen molar-refractivity contribution in [2.75, 3.05) is 5.75 Å². The Morgan fingerprint density at radius 3 is 3.08 bits per heavy atom. The average molecular weight is 182 g/mol. The molecule has 1 aromatic heterocycles. The van der Waals surface area contributed by atoms with E-state index in [1.807, 2.05) is 6.07 Å². The normalized spacial score (nSPS) is 9.75. The number of aromatic nitrogens is 2. The third-order valence-electron chi connectivity index (χ3n) is 1.26. The van der Waals surface area contributed by atoms with Crippen LogP contribution in [0.2, 0.25) is 0 Å². The van der Waals surface area contributed by atoms with Gasteiger partial charge in [0.2, 0.25) is 0 Å². The minimum Gasteiger partial charge on any atom is -0.300 e. The van der Waals surface area contributed by atoms with Gasteiger partial charge in [0.25, 0.3) is 0 Å². The summed E-state index contributed by atoms with van der Waals surface area (Å²) in [5, 5.41) is 0.922. The maximum absolute atomic E-state index is 10.6. The van der Waals surface area contributed by atoms with Gasteiger partial charge in [-0.05, 0) is 13.0 Å². The molecule has 1 rings (SSSR count). The highest BCUT2D eigenvalue weighted by atomic mass is 32.2. The van der Waals surface area contributed by atoms with Gasteiger partial charge in [-0.1, -0.05) is 0 Å². The molecule has 0 amide bonds. The van der Waals surface area contributed by atoms with E-state index >= 15 is 0 Å². The summed E-state index contributed by atoms with van der Waals surface area (Å²) < 4.78 is 0. The lowest BCUT2D eigenvalue weighted by atomic mass is 10.4. The summed E-state index contributed by atoms with van der Waals surface area (Å²) in [6.45, 7) is 1.60. The third kappa shape index (κ3) is 3.48. The van der Waals surface area contributed by atoms with Crippen LogP contribution in [0.5, 0.6) is 0 Å². The molecule has 0 bridgehead atoms. The predicted octanol–water partition coefficient (Wildman–Crippen LogP) is 1.55. The Balaban J connectivity index is 2.29. The van der Waals surface area contributed by atoms with E-state index in [4.69, 9.17) is 0 Å². The number of rotatable bonds is 4. The molecule has 0 unspecified atom stereocenters. The Labute approximate surface area is 75.6 Å². The Hall–Kier alpha value is -0.900. The molecule has 0 spiro atoms. The first-order valence-corrected chi connectivity index (χ1v) is 4.66. The van der Waals surface area contributed by atoms with Crippen LogP contribution in [0.4, 0.5) is 0 Å². The Bertz CT molecular complexity index is 250. The lowest BCUT2D eigenvalue weighted by Crippen LogP contribution is -1.92. The smallest absolute Gasteiger partial charge is 0.130 e. The highest BCUT2D eigenvalue weighted by Crippen LogP contribution is 2.13. The van der Waals surface area contributed by atoms with E-state index in [2.05, 4.69) is 9.97 Å². The van der Waals surface area contributed by atoms with E-state index in [0.717, 1.165) is 10.8 Å². The van der Waals surface area contributed by atoms with Gasteiger partial charge in [-0.25, -0.2) is 9.97 Å². The number of hydrogen-bond acceptors (Lipinski definition) is 4. The molecule has 0 saturated heterocycles. The molecule has 12 heavy (non-hydrogen) atoms. The van der Waals surface area contributed by atoms with E-state index in [-0.39, 0.29) is 5.78 Å². The number of carbonyl (C=O) groups excluding carboxylic acids is 1. The van der Waals surface area contributed by atoms with Gasteiger partial charge in [0.05, 0.1) is 5.03 Å². The van der Waals surface area contributed by atoms with Crippen LogP contribution in [-0.2, 0) is 4.79 Å². The van der Waals surface area contributed by atoms with E-state index in [1.165, 1.54) is 6.33 Å². The summed E-state index contributed by atoms with van der Waals surface area (Å²) in [6.07, 6.45) is 3.81. The zero-order chi connectivity index (χ0) is 8.81. The first-order valence-electron chi connectivity index (χ1n) is 3.67. The van der Waals surface area contributed by atoms with Crippen molar-refractivity contribution in [3.63, 3.8) is 0 Å². The van der Waals surface area contributed by atoms with Crippen LogP contribution >= 0.6 is 11.8 Å². The molecule has 0 atom stereocenters. The molecule has 0 aliphatic rings. The highest BCUT2D eigenvalue weighted by molar-refractivity contribution is 7.99. The molecule has 0 aliphatic carbocycles. The molecule has 1 heterocycles. The van der Waals surface area contributed by atoms with Crippen LogP contribution in [0.15, 0.2) is 23.6 Å². The molecule has 0 saturated carbocycles. The van der Waals surface area contributed by atoms with E-state index < -0.39 is 0 Å². The predicted molar refractivity (Wildman–Crippen MR) is 48.1 cm³/mol. The first-order chi connectivity index (χ1) is 5.79. The van der Waals surface area contributed by atoms with Gasteiger partial charge in [0.1, 0.15) is 12.1 Å². The second kappa shape index (κ2) is 4.87. The molecule has 0 aliphatic heterocycles. The van der Waals surface area contributed by atoms with E-state index in [0.29, 0.717) is 6.42 Å². The summed E-state index contributed by atoms with van der Waals surface area (Å²) >= 11 is 1.58. The maximum atomic E-state index is 10.6. The topological polar surface area (TPSA) is 42.9 Å². The van der Waals surface area contributed by atoms with Crippen LogP contribution in [0, 0.1) is 0 Å². The van der Waals surface area contributed by atoms with Crippen molar-refractivity contribution in [3.05, 3.63) is 18.6 Å². The highest BCUT2D eigenvalue weighted by Gasteiger charge is 1.96. The fourth-order valence-electron chi connectivity index (χ4n) is 0.663. The van der Waals surface area contributed by atoms with Crippen LogP contribution in [0.1, 0.15) is 13.3 Å². The molecule has 0 N–H and O–H groups in total. The van der Waals surface area contributed by atoms with Crippen LogP contribution in [-0.4, -0.2) is 21.5 Å². The first kappa shape index (κ1) is 9.19. The molecular formula is C8H10N2OS. The number of hydrogen-bond donors (Lipinski definition) is 0.